The van der Waals surface area contributed by atoms with Crippen LogP contribution in [0.5, 0.6) is 0 Å². The Bertz CT molecular complexity index is 346. The first-order chi connectivity index (χ1) is 7.08. The van der Waals surface area contributed by atoms with E-state index < -0.39 is 28.0 Å². The van der Waals surface area contributed by atoms with Crippen molar-refractivity contribution < 1.29 is 30.4 Å². The van der Waals surface area contributed by atoms with Crippen molar-refractivity contribution in [2.75, 3.05) is 6.54 Å². The third-order valence-electron chi connectivity index (χ3n) is 2.21. The summed E-state index contributed by atoms with van der Waals surface area (Å²) in [5.74, 6) is 0.238. The van der Waals surface area contributed by atoms with Crippen LogP contribution < -0.4 is 4.72 Å². The van der Waals surface area contributed by atoms with Crippen molar-refractivity contribution >= 4 is 10.0 Å². The molecule has 0 aromatic carbocycles. The minimum absolute atomic E-state index is 0.238. The van der Waals surface area contributed by atoms with Crippen LogP contribution in [0.3, 0.4) is 0 Å². The van der Waals surface area contributed by atoms with E-state index in [1.54, 1.807) is 0 Å². The average molecular weight is 267 g/mol. The van der Waals surface area contributed by atoms with Crippen molar-refractivity contribution in [3.63, 3.8) is 0 Å². The van der Waals surface area contributed by atoms with Crippen LogP contribution in [0.2, 0.25) is 0 Å². The van der Waals surface area contributed by atoms with Crippen LogP contribution in [0.4, 0.5) is 22.0 Å². The average Bonchev–Trinajstić information content (AvgIpc) is 2.85. The minimum atomic E-state index is -6.10. The van der Waals surface area contributed by atoms with Crippen molar-refractivity contribution in [3.8, 4) is 0 Å². The summed E-state index contributed by atoms with van der Waals surface area (Å²) >= 11 is 0. The molecule has 0 unspecified atom stereocenters. The normalized spacial score (nSPS) is 18.8. The second-order valence-electron chi connectivity index (χ2n) is 3.64. The molecule has 0 spiro atoms. The molecule has 1 saturated carbocycles. The number of halogens is 5. The molecule has 9 heteroatoms. The van der Waals surface area contributed by atoms with Crippen LogP contribution in [-0.4, -0.2) is 26.4 Å². The molecule has 3 nitrogen and oxygen atoms in total. The Morgan fingerprint density at radius 1 is 1.12 bits per heavy atom. The van der Waals surface area contributed by atoms with Gasteiger partial charge in [0.25, 0.3) is 10.0 Å². The number of rotatable bonds is 5. The lowest BCUT2D eigenvalue weighted by atomic mass is 10.3. The van der Waals surface area contributed by atoms with E-state index in [9.17, 15) is 30.4 Å². The van der Waals surface area contributed by atoms with Gasteiger partial charge in [-0.1, -0.05) is 12.8 Å². The molecule has 1 aliphatic carbocycles. The van der Waals surface area contributed by atoms with E-state index in [0.717, 1.165) is 12.8 Å². The van der Waals surface area contributed by atoms with Gasteiger partial charge in [-0.05, 0) is 12.3 Å². The lowest BCUT2D eigenvalue weighted by Crippen LogP contribution is -2.50. The molecule has 0 radical (unpaired) electrons. The van der Waals surface area contributed by atoms with Crippen molar-refractivity contribution in [2.45, 2.75) is 30.7 Å². The second-order valence-corrected chi connectivity index (χ2v) is 5.45. The first kappa shape index (κ1) is 13.6. The predicted octanol–water partition coefficient (Wildman–Crippen LogP) is 1.86. The van der Waals surface area contributed by atoms with Crippen LogP contribution in [0.25, 0.3) is 0 Å². The molecule has 1 aliphatic rings. The van der Waals surface area contributed by atoms with Crippen molar-refractivity contribution in [1.82, 2.24) is 4.72 Å². The predicted molar refractivity (Wildman–Crippen MR) is 45.3 cm³/mol. The summed E-state index contributed by atoms with van der Waals surface area (Å²) in [7, 11) is -5.69. The maximum atomic E-state index is 12.5. The Balaban J connectivity index is 2.60. The SMILES string of the molecule is O=S(=O)(NCCC1CC1)C(F)(F)C(F)(F)F. The van der Waals surface area contributed by atoms with Crippen LogP contribution in [0.15, 0.2) is 0 Å². The lowest BCUT2D eigenvalue weighted by Gasteiger charge is -2.19. The van der Waals surface area contributed by atoms with Gasteiger partial charge in [-0.25, -0.2) is 13.1 Å². The number of sulfonamides is 1. The number of nitrogens with one attached hydrogen (secondary N) is 1. The fourth-order valence-electron chi connectivity index (χ4n) is 1.05. The van der Waals surface area contributed by atoms with Crippen LogP contribution in [-0.2, 0) is 10.0 Å². The summed E-state index contributed by atoms with van der Waals surface area (Å²) < 4.78 is 82.9. The van der Waals surface area contributed by atoms with Crippen LogP contribution in [0, 0.1) is 5.92 Å². The molecular weight excluding hydrogens is 257 g/mol. The van der Waals surface area contributed by atoms with Gasteiger partial charge in [0, 0.05) is 6.54 Å². The topological polar surface area (TPSA) is 46.2 Å². The molecule has 1 fully saturated rings. The molecule has 96 valence electrons. The first-order valence-corrected chi connectivity index (χ1v) is 6.00. The zero-order chi connectivity index (χ0) is 12.6. The lowest BCUT2D eigenvalue weighted by molar-refractivity contribution is -0.241. The highest BCUT2D eigenvalue weighted by molar-refractivity contribution is 7.90. The fourth-order valence-corrected chi connectivity index (χ4v) is 1.92. The third-order valence-corrected chi connectivity index (χ3v) is 3.70. The summed E-state index contributed by atoms with van der Waals surface area (Å²) in [4.78, 5) is 0. The van der Waals surface area contributed by atoms with Gasteiger partial charge in [0.2, 0.25) is 0 Å². The third kappa shape index (κ3) is 2.82. The standard InChI is InChI=1S/C7H10F5NO2S/c8-6(9,10)7(11,12)16(14,15)13-4-3-5-1-2-5/h5,13H,1-4H2. The molecule has 0 heterocycles. The fraction of sp³-hybridized carbons (Fsp3) is 1.00. The van der Waals surface area contributed by atoms with Gasteiger partial charge in [0.1, 0.15) is 0 Å². The molecule has 0 saturated heterocycles. The second kappa shape index (κ2) is 4.10. The highest BCUT2D eigenvalue weighted by Crippen LogP contribution is 2.39. The summed E-state index contributed by atoms with van der Waals surface area (Å²) in [6.45, 7) is -0.390. The molecule has 1 rings (SSSR count). The summed E-state index contributed by atoms with van der Waals surface area (Å²) in [5, 5.41) is -5.75. The van der Waals surface area contributed by atoms with Crippen LogP contribution >= 0.6 is 0 Å². The Morgan fingerprint density at radius 2 is 1.62 bits per heavy atom. The molecule has 0 bridgehead atoms. The Kier molecular flexibility index (Phi) is 3.49. The maximum Gasteiger partial charge on any atom is 0.470 e. The largest absolute Gasteiger partial charge is 0.470 e. The molecule has 1 N–H and O–H groups in total. The first-order valence-electron chi connectivity index (χ1n) is 4.51. The highest BCUT2D eigenvalue weighted by Gasteiger charge is 2.67. The molecule has 0 aliphatic heterocycles. The van der Waals surface area contributed by atoms with Gasteiger partial charge in [-0.2, -0.15) is 22.0 Å². The highest BCUT2D eigenvalue weighted by atomic mass is 32.2. The monoisotopic (exact) mass is 267 g/mol. The zero-order valence-corrected chi connectivity index (χ0v) is 8.84. The molecule has 0 amide bonds. The quantitative estimate of drug-likeness (QED) is 0.773. The Labute approximate surface area is 89.1 Å². The van der Waals surface area contributed by atoms with Crippen LogP contribution in [0.1, 0.15) is 19.3 Å². The molecule has 16 heavy (non-hydrogen) atoms. The van der Waals surface area contributed by atoms with E-state index in [4.69, 9.17) is 0 Å². The van der Waals surface area contributed by atoms with Crippen molar-refractivity contribution in [1.29, 1.82) is 0 Å². The number of alkyl halides is 5. The zero-order valence-electron chi connectivity index (χ0n) is 8.02. The van der Waals surface area contributed by atoms with E-state index >= 15 is 0 Å². The van der Waals surface area contributed by atoms with Crippen molar-refractivity contribution in [3.05, 3.63) is 0 Å². The van der Waals surface area contributed by atoms with E-state index in [2.05, 4.69) is 0 Å². The van der Waals surface area contributed by atoms with Gasteiger partial charge in [-0.15, -0.1) is 0 Å². The van der Waals surface area contributed by atoms with E-state index in [1.807, 2.05) is 0 Å². The summed E-state index contributed by atoms with van der Waals surface area (Å²) in [6.07, 6.45) is -4.10. The number of hydrogen-bond donors (Lipinski definition) is 1. The van der Waals surface area contributed by atoms with Gasteiger partial charge in [0.15, 0.2) is 0 Å². The minimum Gasteiger partial charge on any atom is -0.210 e. The summed E-state index contributed by atoms with van der Waals surface area (Å²) in [5.41, 5.74) is 0. The van der Waals surface area contributed by atoms with Gasteiger partial charge in [-0.3, -0.25) is 0 Å². The van der Waals surface area contributed by atoms with Gasteiger partial charge >= 0.3 is 11.4 Å². The Hall–Kier alpha value is -0.440. The smallest absolute Gasteiger partial charge is 0.210 e. The Morgan fingerprint density at radius 3 is 2.00 bits per heavy atom. The number of hydrogen-bond acceptors (Lipinski definition) is 2. The molecular formula is C7H10F5NO2S. The molecule has 0 atom stereocenters. The van der Waals surface area contributed by atoms with E-state index in [1.165, 1.54) is 4.72 Å². The molecule has 0 aromatic heterocycles. The van der Waals surface area contributed by atoms with E-state index in [-0.39, 0.29) is 12.3 Å². The van der Waals surface area contributed by atoms with E-state index in [0.29, 0.717) is 0 Å². The van der Waals surface area contributed by atoms with Gasteiger partial charge in [0.05, 0.1) is 0 Å². The van der Waals surface area contributed by atoms with Crippen molar-refractivity contribution in [2.24, 2.45) is 5.92 Å². The maximum absolute atomic E-state index is 12.5. The van der Waals surface area contributed by atoms with Gasteiger partial charge < -0.3 is 0 Å². The molecule has 0 aromatic rings. The summed E-state index contributed by atoms with van der Waals surface area (Å²) in [6, 6.07) is 0.